The van der Waals surface area contributed by atoms with Gasteiger partial charge in [-0.3, -0.25) is 9.59 Å². The Morgan fingerprint density at radius 1 is 1.42 bits per heavy atom. The van der Waals surface area contributed by atoms with Gasteiger partial charge < -0.3 is 10.2 Å². The van der Waals surface area contributed by atoms with Gasteiger partial charge in [-0.15, -0.1) is 0 Å². The van der Waals surface area contributed by atoms with Crippen LogP contribution < -0.4 is 5.32 Å². The number of carbonyl (C=O) groups excluding carboxylic acids is 2. The average molecular weight is 284 g/mol. The molecule has 1 rings (SSSR count). The molecule has 1 aromatic rings. The Kier molecular flexibility index (Phi) is 5.76. The molecular weight excluding hydrogens is 266 g/mol. The topological polar surface area (TPSA) is 62.3 Å². The summed E-state index contributed by atoms with van der Waals surface area (Å²) in [6.07, 6.45) is 1.69. The highest BCUT2D eigenvalue weighted by Crippen LogP contribution is 2.14. The molecule has 0 bridgehead atoms. The van der Waals surface area contributed by atoms with Gasteiger partial charge >= 0.3 is 0 Å². The molecule has 0 saturated carbocycles. The van der Waals surface area contributed by atoms with E-state index < -0.39 is 0 Å². The zero-order chi connectivity index (χ0) is 14.4. The van der Waals surface area contributed by atoms with Crippen LogP contribution in [0.15, 0.2) is 12.1 Å². The van der Waals surface area contributed by atoms with Gasteiger partial charge in [0.15, 0.2) is 0 Å². The van der Waals surface area contributed by atoms with Crippen LogP contribution in [-0.4, -0.2) is 42.3 Å². The molecule has 19 heavy (non-hydrogen) atoms. The summed E-state index contributed by atoms with van der Waals surface area (Å²) in [7, 11) is 3.11. The number of pyridine rings is 1. The van der Waals surface area contributed by atoms with E-state index in [-0.39, 0.29) is 18.4 Å². The first-order valence-corrected chi connectivity index (χ1v) is 6.48. The summed E-state index contributed by atoms with van der Waals surface area (Å²) in [5.41, 5.74) is 1.24. The van der Waals surface area contributed by atoms with E-state index in [2.05, 4.69) is 10.3 Å². The molecule has 0 saturated heterocycles. The number of likely N-dealkylation sites (N-methyl/N-ethyl adjacent to an activating group) is 2. The average Bonchev–Trinajstić information content (AvgIpc) is 2.37. The standard InChI is InChI=1S/C13H18ClN3O2/c1-4-5-10-6-9(7-11(14)16-10)13(19)17(3)8-12(18)15-2/h6-7H,4-5,8H2,1-3H3,(H,15,18). The van der Waals surface area contributed by atoms with Crippen LogP contribution in [0.2, 0.25) is 5.15 Å². The highest BCUT2D eigenvalue weighted by Gasteiger charge is 2.15. The van der Waals surface area contributed by atoms with Crippen molar-refractivity contribution in [1.29, 1.82) is 0 Å². The number of rotatable bonds is 5. The van der Waals surface area contributed by atoms with E-state index in [0.29, 0.717) is 10.7 Å². The number of aromatic nitrogens is 1. The number of nitrogens with one attached hydrogen (secondary N) is 1. The normalized spacial score (nSPS) is 10.1. The van der Waals surface area contributed by atoms with Crippen molar-refractivity contribution in [3.05, 3.63) is 28.5 Å². The Balaban J connectivity index is 2.89. The lowest BCUT2D eigenvalue weighted by molar-refractivity contribution is -0.121. The number of nitrogens with zero attached hydrogens (tertiary/aromatic N) is 2. The number of hydrogen-bond acceptors (Lipinski definition) is 3. The van der Waals surface area contributed by atoms with Gasteiger partial charge in [0.05, 0.1) is 6.54 Å². The van der Waals surface area contributed by atoms with Crippen molar-refractivity contribution in [2.75, 3.05) is 20.6 Å². The van der Waals surface area contributed by atoms with Gasteiger partial charge in [0, 0.05) is 25.4 Å². The summed E-state index contributed by atoms with van der Waals surface area (Å²) < 4.78 is 0. The minimum absolute atomic E-state index is 0.0123. The Morgan fingerprint density at radius 2 is 2.11 bits per heavy atom. The van der Waals surface area contributed by atoms with Crippen molar-refractivity contribution >= 4 is 23.4 Å². The van der Waals surface area contributed by atoms with Crippen LogP contribution in [0, 0.1) is 0 Å². The first-order chi connectivity index (χ1) is 8.97. The fourth-order valence-electron chi connectivity index (χ4n) is 1.65. The monoisotopic (exact) mass is 283 g/mol. The lowest BCUT2D eigenvalue weighted by Gasteiger charge is -2.16. The lowest BCUT2D eigenvalue weighted by atomic mass is 10.1. The third kappa shape index (κ3) is 4.52. The van der Waals surface area contributed by atoms with Crippen molar-refractivity contribution in [2.45, 2.75) is 19.8 Å². The maximum atomic E-state index is 12.2. The van der Waals surface area contributed by atoms with Crippen LogP contribution in [0.5, 0.6) is 0 Å². The van der Waals surface area contributed by atoms with Crippen LogP contribution in [0.3, 0.4) is 0 Å². The minimum Gasteiger partial charge on any atom is -0.358 e. The van der Waals surface area contributed by atoms with Gasteiger partial charge in [-0.1, -0.05) is 24.9 Å². The third-order valence-corrected chi connectivity index (χ3v) is 2.80. The smallest absolute Gasteiger partial charge is 0.254 e. The third-order valence-electron chi connectivity index (χ3n) is 2.61. The minimum atomic E-state index is -0.245. The molecule has 0 aliphatic rings. The Labute approximate surface area is 118 Å². The quantitative estimate of drug-likeness (QED) is 0.833. The molecule has 6 heteroatoms. The van der Waals surface area contributed by atoms with E-state index in [1.54, 1.807) is 13.1 Å². The summed E-state index contributed by atoms with van der Waals surface area (Å²) in [5, 5.41) is 2.77. The molecule has 5 nitrogen and oxygen atoms in total. The van der Waals surface area contributed by atoms with Crippen molar-refractivity contribution in [3.63, 3.8) is 0 Å². The number of hydrogen-bond donors (Lipinski definition) is 1. The molecule has 0 fully saturated rings. The molecule has 1 heterocycles. The molecule has 0 atom stereocenters. The zero-order valence-electron chi connectivity index (χ0n) is 11.4. The first-order valence-electron chi connectivity index (χ1n) is 6.10. The van der Waals surface area contributed by atoms with Crippen LogP contribution >= 0.6 is 11.6 Å². The van der Waals surface area contributed by atoms with Gasteiger partial charge in [0.1, 0.15) is 5.15 Å². The molecule has 104 valence electrons. The Morgan fingerprint density at radius 3 is 2.68 bits per heavy atom. The predicted molar refractivity (Wildman–Crippen MR) is 74.3 cm³/mol. The second-order valence-electron chi connectivity index (χ2n) is 4.25. The molecule has 0 spiro atoms. The molecule has 1 aromatic heterocycles. The predicted octanol–water partition coefficient (Wildman–Crippen LogP) is 1.51. The van der Waals surface area contributed by atoms with Crippen molar-refractivity contribution < 1.29 is 9.59 Å². The van der Waals surface area contributed by atoms with Gasteiger partial charge in [-0.2, -0.15) is 0 Å². The van der Waals surface area contributed by atoms with Crippen molar-refractivity contribution in [3.8, 4) is 0 Å². The van der Waals surface area contributed by atoms with Crippen molar-refractivity contribution in [2.24, 2.45) is 0 Å². The molecule has 1 N–H and O–H groups in total. The zero-order valence-corrected chi connectivity index (χ0v) is 12.1. The van der Waals surface area contributed by atoms with E-state index in [4.69, 9.17) is 11.6 Å². The SMILES string of the molecule is CCCc1cc(C(=O)N(C)CC(=O)NC)cc(Cl)n1. The fraction of sp³-hybridized carbons (Fsp3) is 0.462. The number of carbonyl (C=O) groups is 2. The molecular formula is C13H18ClN3O2. The Hall–Kier alpha value is -1.62. The Bertz CT molecular complexity index is 477. The van der Waals surface area contributed by atoms with E-state index in [1.807, 2.05) is 6.92 Å². The van der Waals surface area contributed by atoms with Gasteiger partial charge in [-0.25, -0.2) is 4.98 Å². The highest BCUT2D eigenvalue weighted by atomic mass is 35.5. The summed E-state index contributed by atoms with van der Waals surface area (Å²) in [4.78, 5) is 28.9. The fourth-order valence-corrected chi connectivity index (χ4v) is 1.87. The second-order valence-corrected chi connectivity index (χ2v) is 4.64. The van der Waals surface area contributed by atoms with E-state index >= 15 is 0 Å². The maximum Gasteiger partial charge on any atom is 0.254 e. The number of amides is 2. The molecule has 0 unspecified atom stereocenters. The molecule has 0 radical (unpaired) electrons. The van der Waals surface area contributed by atoms with Crippen LogP contribution in [0.25, 0.3) is 0 Å². The van der Waals surface area contributed by atoms with Crippen LogP contribution in [-0.2, 0) is 11.2 Å². The van der Waals surface area contributed by atoms with Gasteiger partial charge in [-0.05, 0) is 18.6 Å². The number of halogens is 1. The maximum absolute atomic E-state index is 12.2. The first kappa shape index (κ1) is 15.4. The summed E-state index contributed by atoms with van der Waals surface area (Å²) in [6.45, 7) is 2.04. The molecule has 0 aliphatic carbocycles. The van der Waals surface area contributed by atoms with E-state index in [0.717, 1.165) is 18.5 Å². The van der Waals surface area contributed by atoms with E-state index in [9.17, 15) is 9.59 Å². The summed E-state index contributed by atoms with van der Waals surface area (Å²) in [6, 6.07) is 3.24. The van der Waals surface area contributed by atoms with Crippen LogP contribution in [0.4, 0.5) is 0 Å². The molecule has 2 amide bonds. The van der Waals surface area contributed by atoms with Gasteiger partial charge in [0.2, 0.25) is 5.91 Å². The van der Waals surface area contributed by atoms with E-state index in [1.165, 1.54) is 18.0 Å². The van der Waals surface area contributed by atoms with Crippen molar-refractivity contribution in [1.82, 2.24) is 15.2 Å². The lowest BCUT2D eigenvalue weighted by Crippen LogP contribution is -2.36. The summed E-state index contributed by atoms with van der Waals surface area (Å²) in [5.74, 6) is -0.463. The highest BCUT2D eigenvalue weighted by molar-refractivity contribution is 6.29. The largest absolute Gasteiger partial charge is 0.358 e. The number of aryl methyl sites for hydroxylation is 1. The molecule has 0 aromatic carbocycles. The second kappa shape index (κ2) is 7.09. The van der Waals surface area contributed by atoms with Gasteiger partial charge in [0.25, 0.3) is 5.91 Å². The molecule has 0 aliphatic heterocycles. The van der Waals surface area contributed by atoms with Crippen LogP contribution in [0.1, 0.15) is 29.4 Å². The summed E-state index contributed by atoms with van der Waals surface area (Å²) >= 11 is 5.91.